The van der Waals surface area contributed by atoms with Crippen LogP contribution in [0.25, 0.3) is 0 Å². The van der Waals surface area contributed by atoms with Gasteiger partial charge in [-0.15, -0.1) is 0 Å². The van der Waals surface area contributed by atoms with Crippen LogP contribution >= 0.6 is 47.8 Å². The van der Waals surface area contributed by atoms with Gasteiger partial charge in [-0.3, -0.25) is 0 Å². The zero-order chi connectivity index (χ0) is 13.5. The monoisotopic (exact) mass is 442 g/mol. The Bertz CT molecular complexity index is 588. The van der Waals surface area contributed by atoms with Crippen molar-refractivity contribution in [3.8, 4) is 0 Å². The lowest BCUT2D eigenvalue weighted by Gasteiger charge is -2.24. The van der Waals surface area contributed by atoms with E-state index in [-0.39, 0.29) is 5.41 Å². The third kappa shape index (κ3) is 2.57. The SMILES string of the molecule is Brc1ccc(Br)c(C(Br)C2(c3ccccc3)CC2)c1. The molecule has 0 aliphatic heterocycles. The molecule has 0 nitrogen and oxygen atoms in total. The summed E-state index contributed by atoms with van der Waals surface area (Å²) in [5.74, 6) is 0. The van der Waals surface area contributed by atoms with Crippen molar-refractivity contribution in [3.05, 3.63) is 68.6 Å². The zero-order valence-electron chi connectivity index (χ0n) is 10.2. The van der Waals surface area contributed by atoms with Gasteiger partial charge in [0.15, 0.2) is 0 Å². The second kappa shape index (κ2) is 5.34. The predicted octanol–water partition coefficient (Wildman–Crippen LogP) is 6.38. The van der Waals surface area contributed by atoms with Crippen molar-refractivity contribution in [2.45, 2.75) is 23.1 Å². The highest BCUT2D eigenvalue weighted by atomic mass is 79.9. The molecule has 2 aromatic rings. The van der Waals surface area contributed by atoms with Crippen LogP contribution in [0.2, 0.25) is 0 Å². The van der Waals surface area contributed by atoms with E-state index in [0.29, 0.717) is 4.83 Å². The van der Waals surface area contributed by atoms with Crippen LogP contribution in [0.3, 0.4) is 0 Å². The van der Waals surface area contributed by atoms with E-state index < -0.39 is 0 Å². The van der Waals surface area contributed by atoms with E-state index in [2.05, 4.69) is 96.3 Å². The van der Waals surface area contributed by atoms with Crippen molar-refractivity contribution in [1.29, 1.82) is 0 Å². The summed E-state index contributed by atoms with van der Waals surface area (Å²) < 4.78 is 2.29. The van der Waals surface area contributed by atoms with Gasteiger partial charge in [0.1, 0.15) is 0 Å². The molecule has 0 spiro atoms. The maximum Gasteiger partial charge on any atom is 0.0503 e. The maximum absolute atomic E-state index is 3.94. The summed E-state index contributed by atoms with van der Waals surface area (Å²) in [5.41, 5.74) is 3.00. The molecule has 0 radical (unpaired) electrons. The average Bonchev–Trinajstić information content (AvgIpc) is 3.23. The lowest BCUT2D eigenvalue weighted by Crippen LogP contribution is -2.14. The molecule has 1 fully saturated rings. The Balaban J connectivity index is 2.00. The Labute approximate surface area is 139 Å². The normalized spacial score (nSPS) is 18.1. The highest BCUT2D eigenvalue weighted by Crippen LogP contribution is 2.60. The van der Waals surface area contributed by atoms with Crippen LogP contribution in [0.5, 0.6) is 0 Å². The van der Waals surface area contributed by atoms with Crippen molar-refractivity contribution in [2.75, 3.05) is 0 Å². The highest BCUT2D eigenvalue weighted by Gasteiger charge is 2.50. The third-order valence-electron chi connectivity index (χ3n) is 3.85. The van der Waals surface area contributed by atoms with Gasteiger partial charge in [0.05, 0.1) is 4.83 Å². The van der Waals surface area contributed by atoms with Gasteiger partial charge in [-0.2, -0.15) is 0 Å². The van der Waals surface area contributed by atoms with Crippen molar-refractivity contribution in [1.82, 2.24) is 0 Å². The predicted molar refractivity (Wildman–Crippen MR) is 90.9 cm³/mol. The summed E-state index contributed by atoms with van der Waals surface area (Å²) in [5, 5.41) is 0. The molecule has 2 aromatic carbocycles. The van der Waals surface area contributed by atoms with Crippen LogP contribution in [-0.2, 0) is 5.41 Å². The molecule has 0 heterocycles. The first-order valence-electron chi connectivity index (χ1n) is 6.28. The number of benzene rings is 2. The molecular formula is C16H13Br3. The minimum atomic E-state index is 0.255. The van der Waals surface area contributed by atoms with Gasteiger partial charge >= 0.3 is 0 Å². The second-order valence-electron chi connectivity index (χ2n) is 5.05. The summed E-state index contributed by atoms with van der Waals surface area (Å²) in [7, 11) is 0. The van der Waals surface area contributed by atoms with Crippen molar-refractivity contribution in [3.63, 3.8) is 0 Å². The van der Waals surface area contributed by atoms with E-state index in [1.807, 2.05) is 0 Å². The van der Waals surface area contributed by atoms with Gasteiger partial charge in [-0.25, -0.2) is 0 Å². The van der Waals surface area contributed by atoms with E-state index in [9.17, 15) is 0 Å². The molecule has 3 heteroatoms. The lowest BCUT2D eigenvalue weighted by atomic mass is 9.89. The summed E-state index contributed by atoms with van der Waals surface area (Å²) in [6.45, 7) is 0. The zero-order valence-corrected chi connectivity index (χ0v) is 15.0. The first-order chi connectivity index (χ1) is 9.13. The average molecular weight is 445 g/mol. The summed E-state index contributed by atoms with van der Waals surface area (Å²) in [4.78, 5) is 0.342. The van der Waals surface area contributed by atoms with Gasteiger partial charge in [0, 0.05) is 14.4 Å². The van der Waals surface area contributed by atoms with Crippen LogP contribution in [0.1, 0.15) is 28.8 Å². The standard InChI is InChI=1S/C16H13Br3/c17-12-6-7-14(18)13(10-12)15(19)16(8-9-16)11-4-2-1-3-5-11/h1-7,10,15H,8-9H2. The first kappa shape index (κ1) is 13.8. The molecule has 3 rings (SSSR count). The van der Waals surface area contributed by atoms with E-state index in [1.165, 1.54) is 28.4 Å². The fraction of sp³-hybridized carbons (Fsp3) is 0.250. The summed E-state index contributed by atoms with van der Waals surface area (Å²) in [6, 6.07) is 17.2. The Morgan fingerprint density at radius 2 is 1.63 bits per heavy atom. The highest BCUT2D eigenvalue weighted by molar-refractivity contribution is 9.11. The van der Waals surface area contributed by atoms with Gasteiger partial charge < -0.3 is 0 Å². The van der Waals surface area contributed by atoms with Crippen molar-refractivity contribution < 1.29 is 0 Å². The van der Waals surface area contributed by atoms with Gasteiger partial charge in [-0.1, -0.05) is 78.1 Å². The molecule has 98 valence electrons. The molecule has 1 aliphatic rings. The molecular weight excluding hydrogens is 432 g/mol. The summed E-state index contributed by atoms with van der Waals surface area (Å²) in [6.07, 6.45) is 2.48. The molecule has 1 atom stereocenters. The van der Waals surface area contributed by atoms with Crippen LogP contribution in [0, 0.1) is 0 Å². The third-order valence-corrected chi connectivity index (χ3v) is 6.44. The van der Waals surface area contributed by atoms with E-state index in [1.54, 1.807) is 0 Å². The fourth-order valence-electron chi connectivity index (χ4n) is 2.60. The molecule has 19 heavy (non-hydrogen) atoms. The number of rotatable bonds is 3. The minimum Gasteiger partial charge on any atom is -0.0829 e. The maximum atomic E-state index is 3.94. The fourth-order valence-corrected chi connectivity index (χ4v) is 4.86. The Morgan fingerprint density at radius 3 is 2.26 bits per heavy atom. The molecule has 1 aliphatic carbocycles. The van der Waals surface area contributed by atoms with Gasteiger partial charge in [-0.05, 0) is 42.2 Å². The quantitative estimate of drug-likeness (QED) is 0.482. The molecule has 1 unspecified atom stereocenters. The van der Waals surface area contributed by atoms with E-state index in [4.69, 9.17) is 0 Å². The molecule has 0 amide bonds. The van der Waals surface area contributed by atoms with Crippen molar-refractivity contribution >= 4 is 47.8 Å². The Morgan fingerprint density at radius 1 is 0.947 bits per heavy atom. The van der Waals surface area contributed by atoms with E-state index in [0.717, 1.165) is 4.47 Å². The van der Waals surface area contributed by atoms with Crippen molar-refractivity contribution in [2.24, 2.45) is 0 Å². The van der Waals surface area contributed by atoms with Gasteiger partial charge in [0.25, 0.3) is 0 Å². The smallest absolute Gasteiger partial charge is 0.0503 e. The lowest BCUT2D eigenvalue weighted by molar-refractivity contribution is 0.679. The Hall–Kier alpha value is -0.120. The van der Waals surface area contributed by atoms with Gasteiger partial charge in [0.2, 0.25) is 0 Å². The van der Waals surface area contributed by atoms with Crippen LogP contribution in [-0.4, -0.2) is 0 Å². The Kier molecular flexibility index (Phi) is 3.89. The van der Waals surface area contributed by atoms with Crippen LogP contribution in [0.15, 0.2) is 57.5 Å². The molecule has 0 saturated heterocycles. The van der Waals surface area contributed by atoms with Crippen LogP contribution < -0.4 is 0 Å². The first-order valence-corrected chi connectivity index (χ1v) is 8.78. The summed E-state index contributed by atoms with van der Waals surface area (Å²) >= 11 is 11.2. The molecule has 0 aromatic heterocycles. The molecule has 1 saturated carbocycles. The van der Waals surface area contributed by atoms with Crippen LogP contribution in [0.4, 0.5) is 0 Å². The van der Waals surface area contributed by atoms with E-state index >= 15 is 0 Å². The topological polar surface area (TPSA) is 0 Å². The minimum absolute atomic E-state index is 0.255. The largest absolute Gasteiger partial charge is 0.0829 e. The number of hydrogen-bond acceptors (Lipinski definition) is 0. The molecule has 0 bridgehead atoms. The number of hydrogen-bond donors (Lipinski definition) is 0. The number of alkyl halides is 1. The molecule has 0 N–H and O–H groups in total. The second-order valence-corrected chi connectivity index (χ2v) is 7.74. The number of halogens is 3.